The number of nitrogens with zero attached hydrogens (tertiary/aromatic N) is 3. The number of carbonyl (C=O) groups is 3. The van der Waals surface area contributed by atoms with E-state index in [0.717, 1.165) is 42.0 Å². The number of carbonyl (C=O) groups excluding carboxylic acids is 3. The van der Waals surface area contributed by atoms with Crippen LogP contribution in [0.3, 0.4) is 0 Å². The molecule has 1 atom stereocenters. The molecular weight excluding hydrogens is 631 g/mol. The summed E-state index contributed by atoms with van der Waals surface area (Å²) in [5.74, 6) is -1.89. The summed E-state index contributed by atoms with van der Waals surface area (Å²) >= 11 is 1.82. The largest absolute Gasteiger partial charge is 0.488 e. The predicted octanol–water partition coefficient (Wildman–Crippen LogP) is 6.00. The summed E-state index contributed by atoms with van der Waals surface area (Å²) in [5.41, 5.74) is 8.06. The second kappa shape index (κ2) is 15.0. The van der Waals surface area contributed by atoms with E-state index >= 15 is 0 Å². The number of ether oxygens (including phenoxy) is 2. The molecule has 0 spiro atoms. The van der Waals surface area contributed by atoms with Gasteiger partial charge in [0.1, 0.15) is 35.3 Å². The normalized spacial score (nSPS) is 16.4. The maximum absolute atomic E-state index is 14.5. The van der Waals surface area contributed by atoms with Crippen molar-refractivity contribution in [2.45, 2.75) is 75.4 Å². The molecule has 48 heavy (non-hydrogen) atoms. The number of amides is 2. The number of primary amides is 1. The topological polar surface area (TPSA) is 126 Å². The van der Waals surface area contributed by atoms with Gasteiger partial charge in [-0.2, -0.15) is 9.84 Å². The smallest absolute Gasteiger partial charge is 0.420 e. The van der Waals surface area contributed by atoms with Crippen LogP contribution in [0.4, 0.5) is 10.1 Å². The summed E-state index contributed by atoms with van der Waals surface area (Å²) in [6, 6.07) is 20.1. The fourth-order valence-electron chi connectivity index (χ4n) is 5.82. The van der Waals surface area contributed by atoms with Crippen LogP contribution in [0.1, 0.15) is 73.5 Å². The molecule has 5 rings (SSSR count). The van der Waals surface area contributed by atoms with Crippen molar-refractivity contribution in [3.8, 4) is 11.8 Å². The summed E-state index contributed by atoms with van der Waals surface area (Å²) in [5, 5.41) is 9.41. The number of benzene rings is 3. The number of anilines is 1. The Morgan fingerprint density at radius 1 is 1.15 bits per heavy atom. The van der Waals surface area contributed by atoms with Gasteiger partial charge in [-0.25, -0.2) is 9.18 Å². The van der Waals surface area contributed by atoms with Crippen LogP contribution >= 0.6 is 11.8 Å². The number of hydrogen-bond donors (Lipinski definition) is 1. The van der Waals surface area contributed by atoms with E-state index < -0.39 is 23.4 Å². The van der Waals surface area contributed by atoms with Gasteiger partial charge in [0.25, 0.3) is 0 Å². The third-order valence-electron chi connectivity index (χ3n) is 8.24. The Morgan fingerprint density at radius 3 is 2.52 bits per heavy atom. The first kappa shape index (κ1) is 34.6. The van der Waals surface area contributed by atoms with E-state index in [1.807, 2.05) is 40.9 Å². The Hall–Kier alpha value is -4.69. The first-order valence-electron chi connectivity index (χ1n) is 16.0. The van der Waals surface area contributed by atoms with Gasteiger partial charge in [-0.15, -0.1) is 11.8 Å². The molecule has 2 aliphatic heterocycles. The highest BCUT2D eigenvalue weighted by molar-refractivity contribution is 8.00. The molecule has 250 valence electrons. The lowest BCUT2D eigenvalue weighted by Crippen LogP contribution is -2.35. The number of rotatable bonds is 11. The van der Waals surface area contributed by atoms with Crippen LogP contribution in [0.15, 0.2) is 65.6 Å². The van der Waals surface area contributed by atoms with Crippen molar-refractivity contribution < 1.29 is 32.8 Å². The van der Waals surface area contributed by atoms with Crippen LogP contribution in [0, 0.1) is 23.1 Å². The molecular formula is C37H40FN4O5S+. The number of hydrogen-bond acceptors (Lipinski definition) is 8. The quantitative estimate of drug-likeness (QED) is 0.195. The lowest BCUT2D eigenvalue weighted by atomic mass is 10.0. The highest BCUT2D eigenvalue weighted by Gasteiger charge is 2.36. The van der Waals surface area contributed by atoms with Crippen molar-refractivity contribution in [1.29, 1.82) is 5.26 Å². The maximum atomic E-state index is 14.5. The van der Waals surface area contributed by atoms with E-state index in [1.54, 1.807) is 45.0 Å². The molecule has 11 heteroatoms. The molecule has 9 nitrogen and oxygen atoms in total. The molecule has 3 aromatic rings. The minimum atomic E-state index is -0.811. The molecule has 1 unspecified atom stereocenters. The van der Waals surface area contributed by atoms with Crippen LogP contribution in [0.5, 0.6) is 5.75 Å². The van der Waals surface area contributed by atoms with Gasteiger partial charge in [-0.1, -0.05) is 18.2 Å². The number of thioether (sulfide) groups is 1. The first-order valence-corrected chi connectivity index (χ1v) is 16.9. The lowest BCUT2D eigenvalue weighted by molar-refractivity contribution is -0.434. The van der Waals surface area contributed by atoms with Gasteiger partial charge in [0.2, 0.25) is 5.91 Å². The van der Waals surface area contributed by atoms with Crippen molar-refractivity contribution in [3.05, 3.63) is 88.7 Å². The third-order valence-corrected chi connectivity index (χ3v) is 9.59. The number of nitrogens with two attached hydrogens (primary N) is 1. The van der Waals surface area contributed by atoms with Crippen LogP contribution in [-0.4, -0.2) is 52.5 Å². The first-order chi connectivity index (χ1) is 22.9. The molecule has 0 bridgehead atoms. The van der Waals surface area contributed by atoms with Crippen molar-refractivity contribution in [2.24, 2.45) is 11.7 Å². The number of nitriles is 1. The Kier molecular flexibility index (Phi) is 10.8. The summed E-state index contributed by atoms with van der Waals surface area (Å²) in [6.07, 6.45) is 3.49. The number of piperidine rings is 1. The van der Waals surface area contributed by atoms with Gasteiger partial charge >= 0.3 is 11.9 Å². The Balaban J connectivity index is 1.14. The molecule has 3 aromatic carbocycles. The van der Waals surface area contributed by atoms with Crippen molar-refractivity contribution in [2.75, 3.05) is 18.0 Å². The molecule has 1 saturated heterocycles. The summed E-state index contributed by atoms with van der Waals surface area (Å²) < 4.78 is 27.4. The maximum Gasteiger partial charge on any atom is 0.420 e. The summed E-state index contributed by atoms with van der Waals surface area (Å²) in [4.78, 5) is 40.7. The zero-order valence-corrected chi connectivity index (χ0v) is 28.2. The van der Waals surface area contributed by atoms with Crippen molar-refractivity contribution in [3.63, 3.8) is 0 Å². The Bertz CT molecular complexity index is 1750. The Morgan fingerprint density at radius 2 is 1.88 bits per heavy atom. The van der Waals surface area contributed by atoms with Crippen molar-refractivity contribution >= 4 is 41.4 Å². The van der Waals surface area contributed by atoms with Gasteiger partial charge in [0, 0.05) is 29.7 Å². The van der Waals surface area contributed by atoms with E-state index in [2.05, 4.69) is 12.1 Å². The number of esters is 1. The molecule has 0 saturated carbocycles. The minimum Gasteiger partial charge on any atom is -0.488 e. The second-order valence-corrected chi connectivity index (χ2v) is 14.4. The number of fused-ring (bicyclic) bond motifs is 1. The van der Waals surface area contributed by atoms with E-state index in [-0.39, 0.29) is 31.1 Å². The minimum absolute atomic E-state index is 0.00237. The zero-order valence-electron chi connectivity index (χ0n) is 27.4. The second-order valence-electron chi connectivity index (χ2n) is 13.0. The average Bonchev–Trinajstić information content (AvgIpc) is 3.37. The molecule has 2 aliphatic rings. The molecule has 2 amide bonds. The molecule has 2 heterocycles. The molecule has 0 radical (unpaired) electrons. The van der Waals surface area contributed by atoms with Gasteiger partial charge < -0.3 is 20.1 Å². The zero-order chi connectivity index (χ0) is 34.4. The summed E-state index contributed by atoms with van der Waals surface area (Å²) in [6.45, 7) is 7.36. The van der Waals surface area contributed by atoms with Gasteiger partial charge in [-0.3, -0.25) is 9.59 Å². The molecule has 2 N–H and O–H groups in total. The Labute approximate surface area is 284 Å². The molecule has 0 aromatic heterocycles. The van der Waals surface area contributed by atoms with E-state index in [0.29, 0.717) is 34.4 Å². The van der Waals surface area contributed by atoms with E-state index in [9.17, 15) is 18.8 Å². The SMILES string of the molecule is CC(C)(C)OC(=O)CCC(C=[N+]1Cc2c(OCc3ccc(SC4CCN(c5ccc(C#N)cc5F)CC4)cc3)cccc2C1=O)C(N)=O. The molecule has 0 aliphatic carbocycles. The van der Waals surface area contributed by atoms with Crippen LogP contribution in [-0.2, 0) is 27.5 Å². The average molecular weight is 672 g/mol. The monoisotopic (exact) mass is 671 g/mol. The molecule has 1 fully saturated rings. The van der Waals surface area contributed by atoms with Crippen molar-refractivity contribution in [1.82, 2.24) is 0 Å². The van der Waals surface area contributed by atoms with Gasteiger partial charge in [0.05, 0.1) is 22.9 Å². The van der Waals surface area contributed by atoms with Gasteiger partial charge in [-0.05, 0) is 88.1 Å². The number of halogens is 1. The summed E-state index contributed by atoms with van der Waals surface area (Å²) in [7, 11) is 0. The van der Waals surface area contributed by atoms with Crippen LogP contribution in [0.2, 0.25) is 0 Å². The van der Waals surface area contributed by atoms with Crippen LogP contribution in [0.25, 0.3) is 0 Å². The highest BCUT2D eigenvalue weighted by atomic mass is 32.2. The lowest BCUT2D eigenvalue weighted by Gasteiger charge is -2.33. The fourth-order valence-corrected chi connectivity index (χ4v) is 6.94. The van der Waals surface area contributed by atoms with E-state index in [1.165, 1.54) is 16.9 Å². The van der Waals surface area contributed by atoms with Gasteiger partial charge in [0.15, 0.2) is 12.8 Å². The standard InChI is InChI=1S/C37H39FN4O5S/c1-37(2,3)47-34(43)14-10-26(35(40)44)21-42-22-30-29(36(42)45)5-4-6-33(30)46-23-24-7-11-27(12-8-24)48-28-15-17-41(18-16-28)32-13-9-25(20-39)19-31(32)38/h4-9,11-13,19,21,26,28H,10,14-18,22-23H2,1-3H3,(H-,40,44)/p+1. The highest BCUT2D eigenvalue weighted by Crippen LogP contribution is 2.34. The van der Waals surface area contributed by atoms with E-state index in [4.69, 9.17) is 20.5 Å². The predicted molar refractivity (Wildman–Crippen MR) is 182 cm³/mol. The van der Waals surface area contributed by atoms with Crippen LogP contribution < -0.4 is 15.4 Å². The fraction of sp³-hybridized carbons (Fsp3) is 0.378. The third kappa shape index (κ3) is 8.81.